The third-order valence-corrected chi connectivity index (χ3v) is 5.30. The molecule has 1 aromatic heterocycles. The molecule has 1 fully saturated rings. The van der Waals surface area contributed by atoms with Gasteiger partial charge in [-0.15, -0.1) is 0 Å². The van der Waals surface area contributed by atoms with Crippen molar-refractivity contribution < 1.29 is 14.4 Å². The molecule has 1 saturated heterocycles. The average molecular weight is 366 g/mol. The highest BCUT2D eigenvalue weighted by Gasteiger charge is 2.31. The van der Waals surface area contributed by atoms with Crippen LogP contribution in [0.1, 0.15) is 30.1 Å². The number of amides is 1. The quantitative estimate of drug-likeness (QED) is 0.742. The largest absolute Gasteiger partial charge is 0.391 e. The van der Waals surface area contributed by atoms with Gasteiger partial charge < -0.3 is 14.5 Å². The molecule has 4 rings (SSSR count). The molecule has 0 saturated carbocycles. The van der Waals surface area contributed by atoms with Gasteiger partial charge in [0.05, 0.1) is 6.10 Å². The third kappa shape index (κ3) is 3.80. The summed E-state index contributed by atoms with van der Waals surface area (Å²) >= 11 is 0. The Labute approximate surface area is 156 Å². The van der Waals surface area contributed by atoms with Gasteiger partial charge in [0.1, 0.15) is 5.76 Å². The lowest BCUT2D eigenvalue weighted by Crippen LogP contribution is -2.45. The van der Waals surface area contributed by atoms with Crippen molar-refractivity contribution in [2.24, 2.45) is 0 Å². The average Bonchev–Trinajstić information content (AvgIpc) is 3.11. The maximum absolute atomic E-state index is 12.4. The molecule has 0 aliphatic carbocycles. The summed E-state index contributed by atoms with van der Waals surface area (Å²) < 4.78 is 4.98. The van der Waals surface area contributed by atoms with Crippen molar-refractivity contribution in [3.63, 3.8) is 0 Å². The van der Waals surface area contributed by atoms with E-state index < -0.39 is 6.10 Å². The molecule has 1 amide bonds. The fraction of sp³-hybridized carbons (Fsp3) is 0.333. The molecule has 2 atom stereocenters. The maximum atomic E-state index is 12.4. The molecule has 140 valence electrons. The number of carbonyl (C=O) groups is 1. The number of likely N-dealkylation sites (tertiary alicyclic amines) is 1. The Kier molecular flexibility index (Phi) is 4.81. The van der Waals surface area contributed by atoms with E-state index in [1.807, 2.05) is 12.1 Å². The Bertz CT molecular complexity index is 1010. The molecule has 3 aromatic rings. The molecule has 6 heteroatoms. The summed E-state index contributed by atoms with van der Waals surface area (Å²) in [6.45, 7) is 0.942. The third-order valence-electron chi connectivity index (χ3n) is 5.30. The monoisotopic (exact) mass is 366 g/mol. The van der Waals surface area contributed by atoms with E-state index in [4.69, 9.17) is 4.52 Å². The number of nitrogens with zero attached hydrogens (tertiary/aromatic N) is 1. The fourth-order valence-electron chi connectivity index (χ4n) is 3.82. The lowest BCUT2D eigenvalue weighted by Gasteiger charge is -2.36. The van der Waals surface area contributed by atoms with Crippen molar-refractivity contribution >= 4 is 16.7 Å². The summed E-state index contributed by atoms with van der Waals surface area (Å²) in [7, 11) is 0. The van der Waals surface area contributed by atoms with Crippen LogP contribution in [0.4, 0.5) is 0 Å². The predicted molar refractivity (Wildman–Crippen MR) is 102 cm³/mol. The van der Waals surface area contributed by atoms with Gasteiger partial charge in [0, 0.05) is 37.9 Å². The minimum absolute atomic E-state index is 0.0290. The highest BCUT2D eigenvalue weighted by atomic mass is 16.5. The van der Waals surface area contributed by atoms with E-state index in [1.165, 1.54) is 11.5 Å². The van der Waals surface area contributed by atoms with Crippen LogP contribution in [0, 0.1) is 0 Å². The second-order valence-corrected chi connectivity index (χ2v) is 7.09. The van der Waals surface area contributed by atoms with E-state index in [2.05, 4.69) is 35.5 Å². The molecule has 1 aliphatic heterocycles. The van der Waals surface area contributed by atoms with Crippen molar-refractivity contribution in [1.82, 2.24) is 10.1 Å². The summed E-state index contributed by atoms with van der Waals surface area (Å²) in [5.41, 5.74) is 0.812. The predicted octanol–water partition coefficient (Wildman–Crippen LogP) is 2.43. The second kappa shape index (κ2) is 7.40. The molecule has 2 N–H and O–H groups in total. The maximum Gasteiger partial charge on any atom is 0.280 e. The second-order valence-electron chi connectivity index (χ2n) is 7.09. The van der Waals surface area contributed by atoms with Crippen molar-refractivity contribution in [2.45, 2.75) is 31.3 Å². The zero-order valence-corrected chi connectivity index (χ0v) is 14.9. The zero-order valence-electron chi connectivity index (χ0n) is 14.9. The number of nitrogens with one attached hydrogen (secondary N) is 1. The summed E-state index contributed by atoms with van der Waals surface area (Å²) in [5, 5.41) is 15.2. The Morgan fingerprint density at radius 2 is 2.00 bits per heavy atom. The van der Waals surface area contributed by atoms with Gasteiger partial charge in [0.25, 0.3) is 5.56 Å². The normalized spacial score (nSPS) is 20.1. The number of H-pyrrole nitrogens is 1. The number of aromatic amines is 1. The van der Waals surface area contributed by atoms with Crippen LogP contribution in [-0.4, -0.2) is 40.3 Å². The zero-order chi connectivity index (χ0) is 18.8. The lowest BCUT2D eigenvalue weighted by atomic mass is 9.86. The van der Waals surface area contributed by atoms with E-state index in [9.17, 15) is 14.7 Å². The lowest BCUT2D eigenvalue weighted by molar-refractivity contribution is -0.134. The smallest absolute Gasteiger partial charge is 0.280 e. The summed E-state index contributed by atoms with van der Waals surface area (Å²) in [6.07, 6.45) is 0.769. The first-order valence-electron chi connectivity index (χ1n) is 9.22. The number of piperidine rings is 1. The van der Waals surface area contributed by atoms with Crippen molar-refractivity contribution in [2.75, 3.05) is 13.1 Å². The van der Waals surface area contributed by atoms with Crippen LogP contribution in [0.15, 0.2) is 57.8 Å². The number of aromatic nitrogens is 1. The summed E-state index contributed by atoms with van der Waals surface area (Å²) in [5.74, 6) is 0.469. The van der Waals surface area contributed by atoms with Crippen LogP contribution >= 0.6 is 0 Å². The molecule has 2 unspecified atom stereocenters. The van der Waals surface area contributed by atoms with Crippen LogP contribution in [-0.2, 0) is 11.2 Å². The Morgan fingerprint density at radius 1 is 1.19 bits per heavy atom. The molecular formula is C21H22N2O4. The molecular weight excluding hydrogens is 344 g/mol. The first-order valence-corrected chi connectivity index (χ1v) is 9.22. The molecule has 2 aromatic carbocycles. The van der Waals surface area contributed by atoms with E-state index >= 15 is 0 Å². The highest BCUT2D eigenvalue weighted by Crippen LogP contribution is 2.31. The van der Waals surface area contributed by atoms with Crippen LogP contribution < -0.4 is 5.56 Å². The number of fused-ring (bicyclic) bond motifs is 1. The van der Waals surface area contributed by atoms with Gasteiger partial charge in [-0.2, -0.15) is 5.16 Å². The number of aryl methyl sites for hydroxylation is 1. The fourth-order valence-corrected chi connectivity index (χ4v) is 3.82. The molecule has 27 heavy (non-hydrogen) atoms. The number of β-amino-alcohol motifs (C(OH)–C–C–N with tert-alkyl or cyclic N) is 1. The van der Waals surface area contributed by atoms with E-state index in [0.717, 1.165) is 17.4 Å². The van der Waals surface area contributed by atoms with Gasteiger partial charge in [0.15, 0.2) is 0 Å². The number of benzene rings is 2. The summed E-state index contributed by atoms with van der Waals surface area (Å²) in [6, 6.07) is 15.8. The van der Waals surface area contributed by atoms with E-state index in [0.29, 0.717) is 25.3 Å². The number of hydrogen-bond donors (Lipinski definition) is 2. The number of rotatable bonds is 4. The van der Waals surface area contributed by atoms with Crippen LogP contribution in [0.3, 0.4) is 0 Å². The van der Waals surface area contributed by atoms with Gasteiger partial charge in [-0.1, -0.05) is 42.5 Å². The molecule has 1 aliphatic rings. The minimum Gasteiger partial charge on any atom is -0.391 e. The van der Waals surface area contributed by atoms with Crippen molar-refractivity contribution in [3.8, 4) is 0 Å². The molecule has 2 heterocycles. The molecule has 0 spiro atoms. The van der Waals surface area contributed by atoms with Crippen LogP contribution in [0.2, 0.25) is 0 Å². The highest BCUT2D eigenvalue weighted by molar-refractivity contribution is 5.83. The Hall–Kier alpha value is -2.86. The van der Waals surface area contributed by atoms with Gasteiger partial charge in [-0.05, 0) is 22.8 Å². The van der Waals surface area contributed by atoms with Crippen LogP contribution in [0.5, 0.6) is 0 Å². The van der Waals surface area contributed by atoms with Gasteiger partial charge in [-0.3, -0.25) is 9.59 Å². The summed E-state index contributed by atoms with van der Waals surface area (Å²) in [4.78, 5) is 25.2. The first-order chi connectivity index (χ1) is 13.1. The Morgan fingerprint density at radius 3 is 2.74 bits per heavy atom. The van der Waals surface area contributed by atoms with Crippen LogP contribution in [0.25, 0.3) is 10.8 Å². The molecule has 0 radical (unpaired) electrons. The van der Waals surface area contributed by atoms with Gasteiger partial charge in [-0.25, -0.2) is 0 Å². The molecule has 0 bridgehead atoms. The van der Waals surface area contributed by atoms with Crippen molar-refractivity contribution in [3.05, 3.63) is 70.2 Å². The number of carbonyl (C=O) groups excluding carboxylic acids is 1. The van der Waals surface area contributed by atoms with E-state index in [1.54, 1.807) is 4.90 Å². The first kappa shape index (κ1) is 17.5. The van der Waals surface area contributed by atoms with Gasteiger partial charge in [0.2, 0.25) is 5.91 Å². The van der Waals surface area contributed by atoms with Gasteiger partial charge >= 0.3 is 0 Å². The minimum atomic E-state index is -0.589. The SMILES string of the molecule is O=C(CCc1cc(=O)[nH]o1)N1CCC(c2ccc3ccccc3c2)C(O)C1. The Balaban J connectivity index is 1.39. The standard InChI is InChI=1S/C21H22N2O4/c24-19-13-23(21(26)8-7-17-12-20(25)22-27-17)10-9-18(19)16-6-5-14-3-1-2-4-15(14)11-16/h1-6,11-12,18-19,24H,7-10,13H2,(H,22,25). The number of hydrogen-bond acceptors (Lipinski definition) is 4. The topological polar surface area (TPSA) is 86.5 Å². The van der Waals surface area contributed by atoms with Crippen molar-refractivity contribution in [1.29, 1.82) is 0 Å². The van der Waals surface area contributed by atoms with E-state index in [-0.39, 0.29) is 23.8 Å². The number of aliphatic hydroxyl groups is 1. The molecule has 6 nitrogen and oxygen atoms in total. The number of aliphatic hydroxyl groups excluding tert-OH is 1.